The van der Waals surface area contributed by atoms with Crippen molar-refractivity contribution >= 4 is 5.97 Å². The molecule has 0 aromatic heterocycles. The van der Waals surface area contributed by atoms with Crippen LogP contribution in [0, 0.1) is 0 Å². The van der Waals surface area contributed by atoms with Gasteiger partial charge < -0.3 is 15.6 Å². The molecule has 3 N–H and O–H groups in total. The number of hydrogen-bond donors (Lipinski definition) is 2. The first-order valence-electron chi connectivity index (χ1n) is 2.24. The molecule has 0 aromatic carbocycles. The summed E-state index contributed by atoms with van der Waals surface area (Å²) in [5, 5.41) is 7.60. The number of nitrogens with two attached hydrogens (primary N) is 1. The second-order valence-corrected chi connectivity index (χ2v) is 1.00. The summed E-state index contributed by atoms with van der Waals surface area (Å²) in [6, 6.07) is 0. The van der Waals surface area contributed by atoms with Crippen molar-refractivity contribution in [1.29, 1.82) is 0 Å². The second kappa shape index (κ2) is 10.1. The maximum atomic E-state index is 9.24. The summed E-state index contributed by atoms with van der Waals surface area (Å²) in [6.07, 6.45) is 1.38. The summed E-state index contributed by atoms with van der Waals surface area (Å²) in [6.45, 7) is 2.98. The van der Waals surface area contributed by atoms with E-state index in [1.807, 2.05) is 0 Å². The van der Waals surface area contributed by atoms with Crippen molar-refractivity contribution in [1.82, 2.24) is 0 Å². The minimum absolute atomic E-state index is 0.278. The van der Waals surface area contributed by atoms with Gasteiger partial charge in [-0.2, -0.15) is 0 Å². The van der Waals surface area contributed by atoms with E-state index in [0.29, 0.717) is 0 Å². The normalized spacial score (nSPS) is 6.44. The lowest BCUT2D eigenvalue weighted by Crippen LogP contribution is -2.10. The van der Waals surface area contributed by atoms with Crippen LogP contribution in [0.4, 0.5) is 0 Å². The Morgan fingerprint density at radius 2 is 2.22 bits per heavy atom. The molecule has 9 heavy (non-hydrogen) atoms. The Morgan fingerprint density at radius 3 is 2.22 bits per heavy atom. The van der Waals surface area contributed by atoms with E-state index >= 15 is 0 Å². The third kappa shape index (κ3) is 44.4. The van der Waals surface area contributed by atoms with Gasteiger partial charge in [-0.15, -0.1) is 0 Å². The summed E-state index contributed by atoms with van der Waals surface area (Å²) < 4.78 is 4.31. The largest absolute Gasteiger partial charge is 0.505 e. The van der Waals surface area contributed by atoms with Crippen LogP contribution in [0.5, 0.6) is 0 Å². The first kappa shape index (κ1) is 10.9. The predicted molar refractivity (Wildman–Crippen MR) is 33.9 cm³/mol. The minimum Gasteiger partial charge on any atom is -0.505 e. The number of aliphatic carboxylic acids is 1. The van der Waals surface area contributed by atoms with Crippen LogP contribution in [0.25, 0.3) is 0 Å². The van der Waals surface area contributed by atoms with E-state index in [-0.39, 0.29) is 6.54 Å². The molecule has 0 aliphatic rings. The molecule has 0 atom stereocenters. The highest BCUT2D eigenvalue weighted by Gasteiger charge is 1.81. The third-order valence-corrected chi connectivity index (χ3v) is 0.341. The van der Waals surface area contributed by atoms with Gasteiger partial charge in [0.2, 0.25) is 0 Å². The maximum absolute atomic E-state index is 9.24. The monoisotopic (exact) mass is 133 g/mol. The third-order valence-electron chi connectivity index (χ3n) is 0.341. The predicted octanol–water partition coefficient (Wildman–Crippen LogP) is -0.194. The van der Waals surface area contributed by atoms with Gasteiger partial charge in [-0.1, -0.05) is 6.58 Å². The number of ether oxygens (including phenoxy) is 1. The Balaban J connectivity index is 0. The van der Waals surface area contributed by atoms with E-state index in [0.717, 1.165) is 0 Å². The molecule has 0 unspecified atom stereocenters. The quantitative estimate of drug-likeness (QED) is 0.512. The smallest absolute Gasteiger partial charge is 0.317 e. The Morgan fingerprint density at radius 1 is 2.00 bits per heavy atom. The zero-order chi connectivity index (χ0) is 7.70. The van der Waals surface area contributed by atoms with Gasteiger partial charge in [0.05, 0.1) is 19.9 Å². The van der Waals surface area contributed by atoms with Crippen LogP contribution < -0.4 is 5.73 Å². The van der Waals surface area contributed by atoms with Gasteiger partial charge >= 0.3 is 5.97 Å². The highest BCUT2D eigenvalue weighted by Crippen LogP contribution is 1.52. The van der Waals surface area contributed by atoms with Crippen LogP contribution in [0.1, 0.15) is 0 Å². The van der Waals surface area contributed by atoms with E-state index in [1.54, 1.807) is 7.11 Å². The average molecular weight is 133 g/mol. The fraction of sp³-hybridized carbons (Fsp3) is 0.400. The zero-order valence-corrected chi connectivity index (χ0v) is 5.33. The van der Waals surface area contributed by atoms with Crippen molar-refractivity contribution in [2.75, 3.05) is 13.7 Å². The molecular formula is C5H11NO3. The van der Waals surface area contributed by atoms with E-state index in [2.05, 4.69) is 17.0 Å². The molecule has 0 fully saturated rings. The lowest BCUT2D eigenvalue weighted by Gasteiger charge is -1.73. The lowest BCUT2D eigenvalue weighted by molar-refractivity contribution is -0.135. The maximum Gasteiger partial charge on any atom is 0.317 e. The Kier molecular flexibility index (Phi) is 12.1. The molecule has 0 saturated heterocycles. The summed E-state index contributed by atoms with van der Waals surface area (Å²) in [5.74, 6) is -0.968. The summed E-state index contributed by atoms with van der Waals surface area (Å²) in [4.78, 5) is 9.24. The van der Waals surface area contributed by atoms with E-state index in [1.165, 1.54) is 6.26 Å². The van der Waals surface area contributed by atoms with Crippen molar-refractivity contribution in [3.8, 4) is 0 Å². The summed E-state index contributed by atoms with van der Waals surface area (Å²) >= 11 is 0. The fourth-order valence-corrected chi connectivity index (χ4v) is 0. The molecule has 0 aromatic rings. The molecule has 4 nitrogen and oxygen atoms in total. The van der Waals surface area contributed by atoms with Crippen molar-refractivity contribution in [3.63, 3.8) is 0 Å². The highest BCUT2D eigenvalue weighted by atomic mass is 16.5. The summed E-state index contributed by atoms with van der Waals surface area (Å²) in [7, 11) is 1.56. The molecule has 0 amide bonds. The molecule has 4 heteroatoms. The van der Waals surface area contributed by atoms with Gasteiger partial charge in [0.25, 0.3) is 0 Å². The lowest BCUT2D eigenvalue weighted by atomic mass is 10.7. The number of hydrogen-bond acceptors (Lipinski definition) is 3. The van der Waals surface area contributed by atoms with Gasteiger partial charge in [-0.3, -0.25) is 4.79 Å². The van der Waals surface area contributed by atoms with E-state index in [4.69, 9.17) is 5.11 Å². The van der Waals surface area contributed by atoms with Crippen LogP contribution >= 0.6 is 0 Å². The number of rotatable bonds is 2. The molecule has 0 spiro atoms. The van der Waals surface area contributed by atoms with Crippen molar-refractivity contribution in [2.45, 2.75) is 0 Å². The molecule has 0 aliphatic heterocycles. The summed E-state index contributed by atoms with van der Waals surface area (Å²) in [5.41, 5.74) is 4.57. The number of carboxylic acid groups (broad SMARTS) is 1. The molecule has 0 rings (SSSR count). The molecular weight excluding hydrogens is 122 g/mol. The molecule has 0 heterocycles. The molecule has 0 bridgehead atoms. The number of carbonyl (C=O) groups is 1. The van der Waals surface area contributed by atoms with Crippen LogP contribution in [-0.2, 0) is 9.53 Å². The number of methoxy groups -OCH3 is 1. The Labute approximate surface area is 53.9 Å². The minimum atomic E-state index is -0.968. The van der Waals surface area contributed by atoms with Gasteiger partial charge in [0, 0.05) is 0 Å². The zero-order valence-electron chi connectivity index (χ0n) is 5.33. The van der Waals surface area contributed by atoms with Crippen LogP contribution in [0.2, 0.25) is 0 Å². The topological polar surface area (TPSA) is 72.5 Å². The number of carboxylic acids is 1. The highest BCUT2D eigenvalue weighted by molar-refractivity contribution is 5.68. The SMILES string of the molecule is C=COC.NCC(=O)O. The molecule has 0 aliphatic carbocycles. The fourth-order valence-electron chi connectivity index (χ4n) is 0. The Hall–Kier alpha value is -1.03. The molecule has 0 radical (unpaired) electrons. The molecule has 54 valence electrons. The van der Waals surface area contributed by atoms with E-state index < -0.39 is 5.97 Å². The van der Waals surface area contributed by atoms with Gasteiger partial charge in [-0.05, 0) is 0 Å². The molecule has 0 saturated carbocycles. The first-order valence-corrected chi connectivity index (χ1v) is 2.24. The van der Waals surface area contributed by atoms with Gasteiger partial charge in [0.15, 0.2) is 0 Å². The Bertz CT molecular complexity index is 82.3. The van der Waals surface area contributed by atoms with Gasteiger partial charge in [0.1, 0.15) is 0 Å². The van der Waals surface area contributed by atoms with Crippen LogP contribution in [-0.4, -0.2) is 24.7 Å². The van der Waals surface area contributed by atoms with Gasteiger partial charge in [-0.25, -0.2) is 0 Å². The van der Waals surface area contributed by atoms with Crippen LogP contribution in [0.15, 0.2) is 12.8 Å². The standard InChI is InChI=1S/C3H6O.C2H5NO2/c1-3-4-2;3-1-2(4)5/h3H,1H2,2H3;1,3H2,(H,4,5). The first-order chi connectivity index (χ1) is 4.18. The van der Waals surface area contributed by atoms with E-state index in [9.17, 15) is 4.79 Å². The van der Waals surface area contributed by atoms with Crippen molar-refractivity contribution < 1.29 is 14.6 Å². The van der Waals surface area contributed by atoms with Crippen molar-refractivity contribution in [3.05, 3.63) is 12.8 Å². The average Bonchev–Trinajstić information content (AvgIpc) is 1.89. The van der Waals surface area contributed by atoms with Crippen LogP contribution in [0.3, 0.4) is 0 Å². The second-order valence-electron chi connectivity index (χ2n) is 1.00. The van der Waals surface area contributed by atoms with Crippen molar-refractivity contribution in [2.24, 2.45) is 5.73 Å².